The fraction of sp³-hybridized carbons (Fsp3) is 0.857. The standard InChI is InChI=1S/C14H25N3O3/c1-10-9-11(13(18)19)5-8-17(10)14(20)16-7-2-6-15-12-3-4-12/h10-12,15H,2-9H2,1H3,(H,16,20)(H,18,19). The van der Waals surface area contributed by atoms with Crippen molar-refractivity contribution >= 4 is 12.0 Å². The molecule has 3 N–H and O–H groups in total. The Morgan fingerprint density at radius 3 is 2.60 bits per heavy atom. The van der Waals surface area contributed by atoms with Crippen molar-refractivity contribution in [2.24, 2.45) is 5.92 Å². The van der Waals surface area contributed by atoms with E-state index in [2.05, 4.69) is 10.6 Å². The Hall–Kier alpha value is -1.30. The maximum atomic E-state index is 12.0. The maximum Gasteiger partial charge on any atom is 0.317 e. The molecule has 1 saturated heterocycles. The van der Waals surface area contributed by atoms with Gasteiger partial charge in [-0.3, -0.25) is 4.79 Å². The van der Waals surface area contributed by atoms with Crippen molar-refractivity contribution in [3.05, 3.63) is 0 Å². The average molecular weight is 283 g/mol. The van der Waals surface area contributed by atoms with E-state index in [4.69, 9.17) is 5.11 Å². The molecule has 1 heterocycles. The van der Waals surface area contributed by atoms with Gasteiger partial charge in [-0.15, -0.1) is 0 Å². The molecule has 0 aromatic heterocycles. The topological polar surface area (TPSA) is 81.7 Å². The van der Waals surface area contributed by atoms with E-state index in [0.717, 1.165) is 13.0 Å². The SMILES string of the molecule is CC1CC(C(=O)O)CCN1C(=O)NCCCNC1CC1. The zero-order valence-corrected chi connectivity index (χ0v) is 12.1. The Labute approximate surface area is 119 Å². The van der Waals surface area contributed by atoms with E-state index in [-0.39, 0.29) is 18.0 Å². The highest BCUT2D eigenvalue weighted by atomic mass is 16.4. The number of nitrogens with zero attached hydrogens (tertiary/aromatic N) is 1. The number of carbonyl (C=O) groups is 2. The van der Waals surface area contributed by atoms with Gasteiger partial charge in [0.05, 0.1) is 5.92 Å². The zero-order chi connectivity index (χ0) is 14.5. The minimum atomic E-state index is -0.747. The Morgan fingerprint density at radius 2 is 2.00 bits per heavy atom. The van der Waals surface area contributed by atoms with Crippen LogP contribution >= 0.6 is 0 Å². The molecular formula is C14H25N3O3. The highest BCUT2D eigenvalue weighted by molar-refractivity contribution is 5.75. The lowest BCUT2D eigenvalue weighted by molar-refractivity contribution is -0.143. The first-order chi connectivity index (χ1) is 9.58. The van der Waals surface area contributed by atoms with Crippen molar-refractivity contribution in [3.8, 4) is 0 Å². The summed E-state index contributed by atoms with van der Waals surface area (Å²) in [4.78, 5) is 24.8. The number of carboxylic acid groups (broad SMARTS) is 1. The van der Waals surface area contributed by atoms with Crippen LogP contribution in [0.2, 0.25) is 0 Å². The van der Waals surface area contributed by atoms with Crippen LogP contribution in [0.3, 0.4) is 0 Å². The van der Waals surface area contributed by atoms with Gasteiger partial charge in [0.2, 0.25) is 0 Å². The first-order valence-corrected chi connectivity index (χ1v) is 7.58. The van der Waals surface area contributed by atoms with Crippen molar-refractivity contribution in [1.82, 2.24) is 15.5 Å². The molecule has 1 aliphatic heterocycles. The van der Waals surface area contributed by atoms with Gasteiger partial charge >= 0.3 is 12.0 Å². The molecule has 20 heavy (non-hydrogen) atoms. The zero-order valence-electron chi connectivity index (χ0n) is 12.1. The molecule has 0 aromatic rings. The predicted molar refractivity (Wildman–Crippen MR) is 75.6 cm³/mol. The van der Waals surface area contributed by atoms with Crippen molar-refractivity contribution < 1.29 is 14.7 Å². The normalized spacial score (nSPS) is 26.4. The van der Waals surface area contributed by atoms with Crippen LogP contribution in [0.1, 0.15) is 39.0 Å². The second kappa shape index (κ2) is 6.92. The van der Waals surface area contributed by atoms with Crippen molar-refractivity contribution in [3.63, 3.8) is 0 Å². The third-order valence-electron chi connectivity index (χ3n) is 4.13. The molecular weight excluding hydrogens is 258 g/mol. The van der Waals surface area contributed by atoms with E-state index >= 15 is 0 Å². The van der Waals surface area contributed by atoms with E-state index in [9.17, 15) is 9.59 Å². The number of urea groups is 1. The lowest BCUT2D eigenvalue weighted by Gasteiger charge is -2.36. The molecule has 2 rings (SSSR count). The Morgan fingerprint density at radius 1 is 1.25 bits per heavy atom. The van der Waals surface area contributed by atoms with Gasteiger partial charge in [0.25, 0.3) is 0 Å². The monoisotopic (exact) mass is 283 g/mol. The molecule has 2 fully saturated rings. The molecule has 1 saturated carbocycles. The number of likely N-dealkylation sites (tertiary alicyclic amines) is 1. The van der Waals surface area contributed by atoms with Gasteiger partial charge in [-0.1, -0.05) is 0 Å². The maximum absolute atomic E-state index is 12.0. The van der Waals surface area contributed by atoms with Gasteiger partial charge in [-0.2, -0.15) is 0 Å². The Bertz CT molecular complexity index is 358. The number of carboxylic acids is 1. The number of amides is 2. The van der Waals surface area contributed by atoms with Crippen LogP contribution in [-0.4, -0.2) is 53.7 Å². The Balaban J connectivity index is 1.62. The molecule has 2 aliphatic rings. The van der Waals surface area contributed by atoms with Gasteiger partial charge in [0.1, 0.15) is 0 Å². The number of aliphatic carboxylic acids is 1. The summed E-state index contributed by atoms with van der Waals surface area (Å²) in [6.07, 6.45) is 4.59. The number of hydrogen-bond acceptors (Lipinski definition) is 3. The van der Waals surface area contributed by atoms with Crippen LogP contribution in [0.4, 0.5) is 4.79 Å². The van der Waals surface area contributed by atoms with Crippen LogP contribution in [0.5, 0.6) is 0 Å². The summed E-state index contributed by atoms with van der Waals surface area (Å²) in [6.45, 7) is 4.07. The first-order valence-electron chi connectivity index (χ1n) is 7.58. The van der Waals surface area contributed by atoms with Gasteiger partial charge in [0, 0.05) is 25.2 Å². The van der Waals surface area contributed by atoms with Crippen molar-refractivity contribution in [2.75, 3.05) is 19.6 Å². The van der Waals surface area contributed by atoms with E-state index in [0.29, 0.717) is 32.0 Å². The van der Waals surface area contributed by atoms with Gasteiger partial charge in [0.15, 0.2) is 0 Å². The van der Waals surface area contributed by atoms with Crippen molar-refractivity contribution in [2.45, 2.75) is 51.1 Å². The summed E-state index contributed by atoms with van der Waals surface area (Å²) < 4.78 is 0. The summed E-state index contributed by atoms with van der Waals surface area (Å²) in [5, 5.41) is 15.3. The summed E-state index contributed by atoms with van der Waals surface area (Å²) in [5.74, 6) is -1.06. The average Bonchev–Trinajstić information content (AvgIpc) is 3.22. The third-order valence-corrected chi connectivity index (χ3v) is 4.13. The molecule has 2 unspecified atom stereocenters. The molecule has 0 aromatic carbocycles. The molecule has 2 atom stereocenters. The summed E-state index contributed by atoms with van der Waals surface area (Å²) >= 11 is 0. The van der Waals surface area contributed by atoms with Gasteiger partial charge in [-0.25, -0.2) is 4.79 Å². The molecule has 1 aliphatic carbocycles. The quantitative estimate of drug-likeness (QED) is 0.636. The van der Waals surface area contributed by atoms with E-state index in [1.165, 1.54) is 12.8 Å². The summed E-state index contributed by atoms with van der Waals surface area (Å²) in [5.41, 5.74) is 0. The fourth-order valence-electron chi connectivity index (χ4n) is 2.68. The highest BCUT2D eigenvalue weighted by Gasteiger charge is 2.32. The number of nitrogens with one attached hydrogen (secondary N) is 2. The fourth-order valence-corrected chi connectivity index (χ4v) is 2.68. The highest BCUT2D eigenvalue weighted by Crippen LogP contribution is 2.22. The number of carbonyl (C=O) groups excluding carboxylic acids is 1. The Kier molecular flexibility index (Phi) is 5.23. The van der Waals surface area contributed by atoms with Gasteiger partial charge < -0.3 is 20.6 Å². The van der Waals surface area contributed by atoms with Crippen LogP contribution in [0.25, 0.3) is 0 Å². The molecule has 0 radical (unpaired) electrons. The van der Waals surface area contributed by atoms with Crippen molar-refractivity contribution in [1.29, 1.82) is 0 Å². The lowest BCUT2D eigenvalue weighted by atomic mass is 9.92. The largest absolute Gasteiger partial charge is 0.481 e. The van der Waals surface area contributed by atoms with E-state index in [1.807, 2.05) is 6.92 Å². The van der Waals surface area contributed by atoms with Gasteiger partial charge in [-0.05, 0) is 45.6 Å². The molecule has 0 bridgehead atoms. The molecule has 6 nitrogen and oxygen atoms in total. The molecule has 0 spiro atoms. The molecule has 6 heteroatoms. The number of hydrogen-bond donors (Lipinski definition) is 3. The van der Waals surface area contributed by atoms with Crippen LogP contribution < -0.4 is 10.6 Å². The summed E-state index contributed by atoms with van der Waals surface area (Å²) in [6, 6.07) is 0.642. The van der Waals surface area contributed by atoms with Crippen LogP contribution in [0.15, 0.2) is 0 Å². The minimum absolute atomic E-state index is 0.00515. The van der Waals surface area contributed by atoms with Crippen LogP contribution in [0, 0.1) is 5.92 Å². The minimum Gasteiger partial charge on any atom is -0.481 e. The number of rotatable bonds is 6. The van der Waals surface area contributed by atoms with E-state index < -0.39 is 5.97 Å². The third kappa shape index (κ3) is 4.37. The molecule has 114 valence electrons. The second-order valence-electron chi connectivity index (χ2n) is 5.92. The van der Waals surface area contributed by atoms with E-state index in [1.54, 1.807) is 4.90 Å². The van der Waals surface area contributed by atoms with Crippen LogP contribution in [-0.2, 0) is 4.79 Å². The predicted octanol–water partition coefficient (Wildman–Crippen LogP) is 1.02. The number of piperidine rings is 1. The molecule has 2 amide bonds. The summed E-state index contributed by atoms with van der Waals surface area (Å²) in [7, 11) is 0. The smallest absolute Gasteiger partial charge is 0.317 e. The first kappa shape index (κ1) is 15.1. The lowest BCUT2D eigenvalue weighted by Crippen LogP contribution is -2.50. The second-order valence-corrected chi connectivity index (χ2v) is 5.92.